The number of likely N-dealkylation sites (tertiary alicyclic amines) is 1. The van der Waals surface area contributed by atoms with Gasteiger partial charge in [-0.15, -0.1) is 0 Å². The van der Waals surface area contributed by atoms with E-state index in [2.05, 4.69) is 11.1 Å². The second-order valence-corrected chi connectivity index (χ2v) is 8.06. The normalized spacial score (nSPS) is 19.8. The lowest BCUT2D eigenvalue weighted by molar-refractivity contribution is 0.0594. The number of benzene rings is 1. The minimum atomic E-state index is 0.0396. The molecule has 2 aliphatic heterocycles. The van der Waals surface area contributed by atoms with E-state index in [0.717, 1.165) is 23.4 Å². The smallest absolute Gasteiger partial charge is 0.258 e. The fourth-order valence-electron chi connectivity index (χ4n) is 4.78. The van der Waals surface area contributed by atoms with Crippen LogP contribution in [0.1, 0.15) is 28.4 Å². The summed E-state index contributed by atoms with van der Waals surface area (Å²) in [4.78, 5) is 32.1. The van der Waals surface area contributed by atoms with Crippen molar-refractivity contribution in [1.29, 1.82) is 0 Å². The van der Waals surface area contributed by atoms with Crippen molar-refractivity contribution in [2.45, 2.75) is 18.9 Å². The van der Waals surface area contributed by atoms with Crippen molar-refractivity contribution in [2.75, 3.05) is 20.2 Å². The van der Waals surface area contributed by atoms with Crippen molar-refractivity contribution in [3.63, 3.8) is 0 Å². The number of hydrogen-bond donors (Lipinski definition) is 0. The summed E-state index contributed by atoms with van der Waals surface area (Å²) in [5, 5.41) is 0. The first kappa shape index (κ1) is 18.6. The van der Waals surface area contributed by atoms with E-state index in [9.17, 15) is 9.59 Å². The third-order valence-electron chi connectivity index (χ3n) is 6.22. The number of pyridine rings is 2. The first-order chi connectivity index (χ1) is 14.6. The van der Waals surface area contributed by atoms with Crippen LogP contribution in [0.3, 0.4) is 0 Å². The summed E-state index contributed by atoms with van der Waals surface area (Å²) in [6, 6.07) is 15.1. The second kappa shape index (κ2) is 7.44. The summed E-state index contributed by atoms with van der Waals surface area (Å²) < 4.78 is 7.14. The average Bonchev–Trinajstić information content (AvgIpc) is 2.80. The van der Waals surface area contributed by atoms with Crippen LogP contribution in [0.25, 0.3) is 11.1 Å². The van der Waals surface area contributed by atoms with Gasteiger partial charge in [0.25, 0.3) is 11.5 Å². The highest BCUT2D eigenvalue weighted by Crippen LogP contribution is 2.36. The number of carbonyl (C=O) groups excluding carboxylic acids is 1. The molecule has 0 unspecified atom stereocenters. The van der Waals surface area contributed by atoms with E-state index in [0.29, 0.717) is 30.8 Å². The Labute approximate surface area is 174 Å². The fourth-order valence-corrected chi connectivity index (χ4v) is 4.78. The van der Waals surface area contributed by atoms with Crippen LogP contribution in [-0.4, -0.2) is 40.6 Å². The van der Waals surface area contributed by atoms with E-state index in [1.54, 1.807) is 31.6 Å². The van der Waals surface area contributed by atoms with Crippen molar-refractivity contribution in [2.24, 2.45) is 5.92 Å². The first-order valence-electron chi connectivity index (χ1n) is 10.2. The molecule has 1 saturated heterocycles. The Kier molecular flexibility index (Phi) is 4.62. The van der Waals surface area contributed by atoms with Gasteiger partial charge in [0.2, 0.25) is 0 Å². The molecule has 2 aliphatic rings. The molecule has 30 heavy (non-hydrogen) atoms. The van der Waals surface area contributed by atoms with Crippen LogP contribution in [0.2, 0.25) is 0 Å². The van der Waals surface area contributed by atoms with Crippen LogP contribution in [-0.2, 0) is 6.54 Å². The molecule has 6 heteroatoms. The third-order valence-corrected chi connectivity index (χ3v) is 6.22. The van der Waals surface area contributed by atoms with Crippen molar-refractivity contribution >= 4 is 5.91 Å². The number of amides is 1. The van der Waals surface area contributed by atoms with Crippen molar-refractivity contribution in [1.82, 2.24) is 14.5 Å². The highest BCUT2D eigenvalue weighted by atomic mass is 16.5. The standard InChI is InChI=1S/C24H23N3O3/c1-30-20-4-2-17(3-5-20)21-6-7-22-19-12-16(14-27(22)24(21)29)13-26(15-19)23(28)18-8-10-25-11-9-18/h2-11,16,19H,12-15H2,1H3/t16-,19-/m1/s1. The lowest BCUT2D eigenvalue weighted by Crippen LogP contribution is -2.49. The number of piperidine rings is 1. The predicted octanol–water partition coefficient (Wildman–Crippen LogP) is 3.18. The Bertz CT molecular complexity index is 1140. The maximum absolute atomic E-state index is 13.3. The number of carbonyl (C=O) groups is 1. The van der Waals surface area contributed by atoms with E-state index < -0.39 is 0 Å². The molecular weight excluding hydrogens is 378 g/mol. The van der Waals surface area contributed by atoms with Crippen LogP contribution in [0.15, 0.2) is 65.7 Å². The van der Waals surface area contributed by atoms with Crippen molar-refractivity contribution in [3.8, 4) is 16.9 Å². The van der Waals surface area contributed by atoms with Gasteiger partial charge in [0.05, 0.1) is 7.11 Å². The SMILES string of the molecule is COc1ccc(-c2ccc3n(c2=O)C[C@@H]2C[C@@H]3CN(C(=O)c3ccncc3)C2)cc1. The van der Waals surface area contributed by atoms with Crippen molar-refractivity contribution in [3.05, 3.63) is 82.5 Å². The number of fused-ring (bicyclic) bond motifs is 4. The number of methoxy groups -OCH3 is 1. The summed E-state index contributed by atoms with van der Waals surface area (Å²) in [6.45, 7) is 1.96. The average molecular weight is 401 g/mol. The van der Waals surface area contributed by atoms with Gasteiger partial charge in [-0.25, -0.2) is 0 Å². The van der Waals surface area contributed by atoms with Gasteiger partial charge >= 0.3 is 0 Å². The first-order valence-corrected chi connectivity index (χ1v) is 10.2. The summed E-state index contributed by atoms with van der Waals surface area (Å²) in [7, 11) is 1.63. The Morgan fingerprint density at radius 1 is 1.00 bits per heavy atom. The Morgan fingerprint density at radius 2 is 1.77 bits per heavy atom. The highest BCUT2D eigenvalue weighted by molar-refractivity contribution is 5.94. The molecule has 2 bridgehead atoms. The minimum absolute atomic E-state index is 0.0396. The summed E-state index contributed by atoms with van der Waals surface area (Å²) in [5.41, 5.74) is 3.33. The van der Waals surface area contributed by atoms with E-state index in [4.69, 9.17) is 4.74 Å². The van der Waals surface area contributed by atoms with Crippen LogP contribution in [0, 0.1) is 5.92 Å². The van der Waals surface area contributed by atoms with Crippen LogP contribution < -0.4 is 10.3 Å². The molecule has 0 radical (unpaired) electrons. The monoisotopic (exact) mass is 401 g/mol. The number of aromatic nitrogens is 2. The number of ether oxygens (including phenoxy) is 1. The van der Waals surface area contributed by atoms with Gasteiger partial charge in [0.15, 0.2) is 0 Å². The molecule has 5 rings (SSSR count). The van der Waals surface area contributed by atoms with Crippen LogP contribution in [0.5, 0.6) is 5.75 Å². The van der Waals surface area contributed by atoms with E-state index >= 15 is 0 Å². The molecule has 0 spiro atoms. The largest absolute Gasteiger partial charge is 0.497 e. The topological polar surface area (TPSA) is 64.4 Å². The molecule has 1 amide bonds. The quantitative estimate of drug-likeness (QED) is 0.676. The summed E-state index contributed by atoms with van der Waals surface area (Å²) in [5.74, 6) is 1.27. The Balaban J connectivity index is 1.45. The fraction of sp³-hybridized carbons (Fsp3) is 0.292. The van der Waals surface area contributed by atoms with Gasteiger partial charge < -0.3 is 14.2 Å². The lowest BCUT2D eigenvalue weighted by Gasteiger charge is -2.43. The van der Waals surface area contributed by atoms with Crippen LogP contribution in [0.4, 0.5) is 0 Å². The highest BCUT2D eigenvalue weighted by Gasteiger charge is 2.36. The zero-order valence-corrected chi connectivity index (χ0v) is 16.8. The molecule has 2 atom stereocenters. The number of hydrogen-bond acceptors (Lipinski definition) is 4. The van der Waals surface area contributed by atoms with E-state index in [-0.39, 0.29) is 23.3 Å². The molecule has 152 valence electrons. The number of rotatable bonds is 3. The molecule has 3 aromatic rings. The molecule has 4 heterocycles. The van der Waals surface area contributed by atoms with Gasteiger partial charge in [-0.05, 0) is 54.3 Å². The number of nitrogens with zero attached hydrogens (tertiary/aromatic N) is 3. The zero-order chi connectivity index (χ0) is 20.7. The Hall–Kier alpha value is -3.41. The summed E-state index contributed by atoms with van der Waals surface area (Å²) in [6.07, 6.45) is 4.31. The van der Waals surface area contributed by atoms with Crippen LogP contribution >= 0.6 is 0 Å². The summed E-state index contributed by atoms with van der Waals surface area (Å²) >= 11 is 0. The van der Waals surface area contributed by atoms with Gasteiger partial charge in [-0.1, -0.05) is 12.1 Å². The molecule has 1 fully saturated rings. The lowest BCUT2D eigenvalue weighted by atomic mass is 9.82. The van der Waals surface area contributed by atoms with Crippen molar-refractivity contribution < 1.29 is 9.53 Å². The third kappa shape index (κ3) is 3.18. The Morgan fingerprint density at radius 3 is 2.50 bits per heavy atom. The van der Waals surface area contributed by atoms with Gasteiger partial charge in [-0.3, -0.25) is 14.6 Å². The van der Waals surface area contributed by atoms with E-state index in [1.807, 2.05) is 39.8 Å². The molecule has 2 aromatic heterocycles. The maximum atomic E-state index is 13.3. The molecule has 0 saturated carbocycles. The molecule has 0 N–H and O–H groups in total. The van der Waals surface area contributed by atoms with Gasteiger partial charge in [0.1, 0.15) is 5.75 Å². The molecular formula is C24H23N3O3. The minimum Gasteiger partial charge on any atom is -0.497 e. The van der Waals surface area contributed by atoms with Gasteiger partial charge in [-0.2, -0.15) is 0 Å². The molecule has 6 nitrogen and oxygen atoms in total. The second-order valence-electron chi connectivity index (χ2n) is 8.06. The molecule has 1 aromatic carbocycles. The zero-order valence-electron chi connectivity index (χ0n) is 16.8. The molecule has 0 aliphatic carbocycles. The predicted molar refractivity (Wildman–Crippen MR) is 114 cm³/mol. The van der Waals surface area contributed by atoms with Gasteiger partial charge in [0, 0.05) is 54.8 Å². The van der Waals surface area contributed by atoms with E-state index in [1.165, 1.54) is 0 Å². The maximum Gasteiger partial charge on any atom is 0.258 e.